The Morgan fingerprint density at radius 1 is 0.719 bits per heavy atom. The minimum atomic E-state index is -0.934. The van der Waals surface area contributed by atoms with Crippen LogP contribution in [0.2, 0.25) is 0 Å². The maximum Gasteiger partial charge on any atom is 0.433 e. The molecule has 2 aromatic heterocycles. The molecule has 5 rings (SSSR count). The summed E-state index contributed by atoms with van der Waals surface area (Å²) < 4.78 is 33.0. The molecule has 0 atom stereocenters. The fourth-order valence-electron chi connectivity index (χ4n) is 4.40. The van der Waals surface area contributed by atoms with Gasteiger partial charge >= 0.3 is 11.8 Å². The number of ether oxygens (including phenoxy) is 4. The minimum Gasteiger partial charge on any atom is -0.400 e. The Bertz CT molecular complexity index is 975. The third kappa shape index (κ3) is 3.30. The first-order chi connectivity index (χ1) is 15.3. The Labute approximate surface area is 179 Å². The van der Waals surface area contributed by atoms with Gasteiger partial charge in [0.1, 0.15) is 9.85 Å². The molecule has 1 aliphatic carbocycles. The number of ketones is 1. The molecule has 2 spiro atoms. The molecular formula is C19H18N2O11. The summed E-state index contributed by atoms with van der Waals surface area (Å²) in [5.74, 6) is -0.622. The van der Waals surface area contributed by atoms with Crippen LogP contribution in [0.1, 0.15) is 36.9 Å². The first-order valence-electron chi connectivity index (χ1n) is 9.82. The van der Waals surface area contributed by atoms with Gasteiger partial charge in [-0.25, -0.2) is 0 Å². The number of furan rings is 2. The summed E-state index contributed by atoms with van der Waals surface area (Å²) in [6, 6.07) is 5.23. The number of nitrogens with zero attached hydrogens (tertiary/aromatic N) is 2. The van der Waals surface area contributed by atoms with Crippen molar-refractivity contribution < 1.29 is 42.4 Å². The lowest BCUT2D eigenvalue weighted by Gasteiger charge is -2.39. The molecule has 0 amide bonds. The molecule has 2 saturated heterocycles. The summed E-state index contributed by atoms with van der Waals surface area (Å²) in [7, 11) is 0. The van der Waals surface area contributed by atoms with Gasteiger partial charge in [0.05, 0.1) is 49.4 Å². The van der Waals surface area contributed by atoms with Crippen molar-refractivity contribution >= 4 is 17.6 Å². The monoisotopic (exact) mass is 450 g/mol. The van der Waals surface area contributed by atoms with Gasteiger partial charge in [-0.15, -0.1) is 0 Å². The first-order valence-corrected chi connectivity index (χ1v) is 9.82. The zero-order chi connectivity index (χ0) is 22.5. The van der Waals surface area contributed by atoms with Gasteiger partial charge in [0.15, 0.2) is 17.3 Å². The van der Waals surface area contributed by atoms with E-state index >= 15 is 0 Å². The number of Topliss-reactive ketones (excluding diaryl/α,β-unsaturated/α-hetero) is 1. The highest BCUT2D eigenvalue weighted by Gasteiger charge is 2.60. The smallest absolute Gasteiger partial charge is 0.400 e. The second kappa shape index (κ2) is 7.48. The molecular weight excluding hydrogens is 432 g/mol. The molecule has 3 aliphatic rings. The highest BCUT2D eigenvalue weighted by Crippen LogP contribution is 2.52. The van der Waals surface area contributed by atoms with Crippen LogP contribution in [0.25, 0.3) is 0 Å². The van der Waals surface area contributed by atoms with E-state index in [1.165, 1.54) is 24.3 Å². The summed E-state index contributed by atoms with van der Waals surface area (Å²) in [5.41, 5.74) is -1.75. The van der Waals surface area contributed by atoms with E-state index in [1.54, 1.807) is 0 Å². The summed E-state index contributed by atoms with van der Waals surface area (Å²) in [4.78, 5) is 33.6. The zero-order valence-corrected chi connectivity index (χ0v) is 16.6. The van der Waals surface area contributed by atoms with Gasteiger partial charge in [-0.1, -0.05) is 0 Å². The van der Waals surface area contributed by atoms with Crippen LogP contribution in [0.4, 0.5) is 11.8 Å². The van der Waals surface area contributed by atoms with Crippen molar-refractivity contribution in [3.63, 3.8) is 0 Å². The SMILES string of the molecule is O=C1C2(CCC13COC(c1ccc([N+](=O)[O-])o1)OC3)COC(c1ccc([N+](=O)[O-])o1)OC2. The van der Waals surface area contributed by atoms with Crippen LogP contribution in [-0.2, 0) is 23.7 Å². The van der Waals surface area contributed by atoms with Gasteiger partial charge < -0.3 is 27.8 Å². The van der Waals surface area contributed by atoms with E-state index in [1.807, 2.05) is 0 Å². The van der Waals surface area contributed by atoms with Gasteiger partial charge in [0.2, 0.25) is 12.6 Å². The number of rotatable bonds is 4. The molecule has 1 saturated carbocycles. The lowest BCUT2D eigenvalue weighted by atomic mass is 9.79. The second-order valence-corrected chi connectivity index (χ2v) is 8.16. The molecule has 13 heteroatoms. The van der Waals surface area contributed by atoms with Gasteiger partial charge in [0, 0.05) is 0 Å². The third-order valence-electron chi connectivity index (χ3n) is 6.14. The standard InChI is InChI=1S/C19H18N2O11/c22-17-18(7-27-15(28-8-18)11-1-3-13(31-11)20(23)24)5-6-19(17)9-29-16(30-10-19)12-2-4-14(32-12)21(25)26/h1-4,15-16H,5-10H2. The predicted octanol–water partition coefficient (Wildman–Crippen LogP) is 2.82. The molecule has 0 bridgehead atoms. The highest BCUT2D eigenvalue weighted by atomic mass is 16.7. The Balaban J connectivity index is 1.22. The van der Waals surface area contributed by atoms with Crippen molar-refractivity contribution in [2.75, 3.05) is 26.4 Å². The first kappa shape index (κ1) is 20.8. The lowest BCUT2D eigenvalue weighted by molar-refractivity contribution is -0.403. The normalized spacial score (nSPS) is 32.6. The van der Waals surface area contributed by atoms with Gasteiger partial charge in [-0.05, 0) is 25.0 Å². The van der Waals surface area contributed by atoms with Crippen LogP contribution in [-0.4, -0.2) is 42.1 Å². The van der Waals surface area contributed by atoms with Crippen LogP contribution in [0.5, 0.6) is 0 Å². The lowest BCUT2D eigenvalue weighted by Crippen LogP contribution is -2.50. The molecule has 32 heavy (non-hydrogen) atoms. The van der Waals surface area contributed by atoms with Crippen molar-refractivity contribution in [3.8, 4) is 0 Å². The maximum absolute atomic E-state index is 13.4. The number of nitro groups is 2. The Morgan fingerprint density at radius 3 is 1.41 bits per heavy atom. The van der Waals surface area contributed by atoms with Crippen molar-refractivity contribution in [3.05, 3.63) is 56.0 Å². The molecule has 3 fully saturated rings. The van der Waals surface area contributed by atoms with E-state index in [4.69, 9.17) is 27.8 Å². The fraction of sp³-hybridized carbons (Fsp3) is 0.526. The third-order valence-corrected chi connectivity index (χ3v) is 6.14. The Kier molecular flexibility index (Phi) is 4.85. The van der Waals surface area contributed by atoms with E-state index in [-0.39, 0.29) is 43.7 Å². The highest BCUT2D eigenvalue weighted by molar-refractivity contribution is 5.93. The molecule has 2 aromatic rings. The quantitative estimate of drug-likeness (QED) is 0.496. The van der Waals surface area contributed by atoms with E-state index in [9.17, 15) is 25.0 Å². The maximum atomic E-state index is 13.4. The molecule has 170 valence electrons. The summed E-state index contributed by atoms with van der Waals surface area (Å²) >= 11 is 0. The summed E-state index contributed by atoms with van der Waals surface area (Å²) in [6.07, 6.45) is -0.866. The van der Waals surface area contributed by atoms with E-state index in [0.29, 0.717) is 12.8 Å². The van der Waals surface area contributed by atoms with Gasteiger partial charge in [0.25, 0.3) is 0 Å². The van der Waals surface area contributed by atoms with Crippen LogP contribution < -0.4 is 0 Å². The molecule has 0 N–H and O–H groups in total. The van der Waals surface area contributed by atoms with Gasteiger partial charge in [-0.3, -0.25) is 25.0 Å². The predicted molar refractivity (Wildman–Crippen MR) is 99.1 cm³/mol. The molecule has 0 unspecified atom stereocenters. The Morgan fingerprint density at radius 2 is 1.09 bits per heavy atom. The van der Waals surface area contributed by atoms with Crippen molar-refractivity contribution in [1.82, 2.24) is 0 Å². The van der Waals surface area contributed by atoms with Crippen LogP contribution in [0.3, 0.4) is 0 Å². The molecule has 4 heterocycles. The van der Waals surface area contributed by atoms with Crippen LogP contribution in [0.15, 0.2) is 33.1 Å². The van der Waals surface area contributed by atoms with Crippen molar-refractivity contribution in [2.45, 2.75) is 25.4 Å². The average molecular weight is 450 g/mol. The molecule has 0 radical (unpaired) electrons. The molecule has 13 nitrogen and oxygen atoms in total. The summed E-state index contributed by atoms with van der Waals surface area (Å²) in [5, 5.41) is 21.6. The Hall–Kier alpha value is -3.13. The zero-order valence-electron chi connectivity index (χ0n) is 16.6. The summed E-state index contributed by atoms with van der Waals surface area (Å²) in [6.45, 7) is 0.280. The number of hydrogen-bond donors (Lipinski definition) is 0. The average Bonchev–Trinajstić information content (AvgIpc) is 3.52. The van der Waals surface area contributed by atoms with E-state index in [0.717, 1.165) is 0 Å². The van der Waals surface area contributed by atoms with Crippen LogP contribution in [0, 0.1) is 31.1 Å². The molecule has 2 aliphatic heterocycles. The molecule has 0 aromatic carbocycles. The minimum absolute atomic E-state index is 0.0700. The number of carbonyl (C=O) groups is 1. The number of hydrogen-bond acceptors (Lipinski definition) is 11. The number of carbonyl (C=O) groups excluding carboxylic acids is 1. The van der Waals surface area contributed by atoms with Gasteiger partial charge in [-0.2, -0.15) is 0 Å². The van der Waals surface area contributed by atoms with Crippen molar-refractivity contribution in [1.29, 1.82) is 0 Å². The fourth-order valence-corrected chi connectivity index (χ4v) is 4.40. The topological polar surface area (TPSA) is 167 Å². The van der Waals surface area contributed by atoms with E-state index < -0.39 is 45.0 Å². The van der Waals surface area contributed by atoms with Crippen molar-refractivity contribution in [2.24, 2.45) is 10.8 Å². The van der Waals surface area contributed by atoms with Crippen LogP contribution >= 0.6 is 0 Å². The van der Waals surface area contributed by atoms with E-state index in [2.05, 4.69) is 0 Å². The second-order valence-electron chi connectivity index (χ2n) is 8.16. The largest absolute Gasteiger partial charge is 0.433 e.